The summed E-state index contributed by atoms with van der Waals surface area (Å²) >= 11 is 0. The van der Waals surface area contributed by atoms with Gasteiger partial charge in [0.2, 0.25) is 0 Å². The Hall–Kier alpha value is -1.65. The van der Waals surface area contributed by atoms with Gasteiger partial charge in [0, 0.05) is 18.9 Å². The highest BCUT2D eigenvalue weighted by molar-refractivity contribution is 6.12. The molecule has 0 saturated heterocycles. The lowest BCUT2D eigenvalue weighted by Gasteiger charge is -2.11. The molecule has 0 unspecified atom stereocenters. The normalized spacial score (nSPS) is 15.5. The fraction of sp³-hybridized carbons (Fsp3) is 0.286. The average molecular weight is 168 g/mol. The second-order valence-electron chi connectivity index (χ2n) is 2.12. The van der Waals surface area contributed by atoms with Crippen molar-refractivity contribution in [3.8, 4) is 0 Å². The number of oxime groups is 1. The summed E-state index contributed by atoms with van der Waals surface area (Å²) in [5.41, 5.74) is 0. The molecule has 0 spiro atoms. The van der Waals surface area contributed by atoms with Crippen LogP contribution in [0.4, 0.5) is 0 Å². The molecule has 1 aliphatic heterocycles. The lowest BCUT2D eigenvalue weighted by Crippen LogP contribution is -2.32. The molecule has 0 aromatic heterocycles. The first-order valence-electron chi connectivity index (χ1n) is 3.37. The van der Waals surface area contributed by atoms with Gasteiger partial charge in [-0.25, -0.2) is 0 Å². The second kappa shape index (κ2) is 3.66. The summed E-state index contributed by atoms with van der Waals surface area (Å²) in [6.45, 7) is 3.48. The van der Waals surface area contributed by atoms with E-state index < -0.39 is 0 Å². The molecular weight excluding hydrogens is 160 g/mol. The maximum absolute atomic E-state index is 10.9. The van der Waals surface area contributed by atoms with E-state index in [1.165, 1.54) is 12.2 Å². The summed E-state index contributed by atoms with van der Waals surface area (Å²) in [6, 6.07) is 0. The fourth-order valence-electron chi connectivity index (χ4n) is 0.848. The summed E-state index contributed by atoms with van der Waals surface area (Å²) in [5, 5.41) is 3.13. The van der Waals surface area contributed by atoms with Crippen LogP contribution in [0.3, 0.4) is 0 Å². The van der Waals surface area contributed by atoms with Gasteiger partial charge in [-0.15, -0.1) is 5.16 Å². The Morgan fingerprint density at radius 1 is 1.42 bits per heavy atom. The first-order valence-corrected chi connectivity index (χ1v) is 3.37. The van der Waals surface area contributed by atoms with Crippen molar-refractivity contribution in [1.29, 1.82) is 0 Å². The highest BCUT2D eigenvalue weighted by atomic mass is 16.6. The van der Waals surface area contributed by atoms with Crippen LogP contribution in [0.2, 0.25) is 0 Å². The van der Waals surface area contributed by atoms with Gasteiger partial charge in [0.25, 0.3) is 11.8 Å². The van der Waals surface area contributed by atoms with E-state index in [0.717, 1.165) is 4.90 Å². The van der Waals surface area contributed by atoms with Crippen molar-refractivity contribution in [3.63, 3.8) is 0 Å². The van der Waals surface area contributed by atoms with Crippen LogP contribution in [-0.2, 0) is 14.4 Å². The topological polar surface area (TPSA) is 59.0 Å². The van der Waals surface area contributed by atoms with Gasteiger partial charge in [-0.1, -0.05) is 0 Å². The van der Waals surface area contributed by atoms with Gasteiger partial charge in [0.05, 0.1) is 6.54 Å². The first kappa shape index (κ1) is 8.45. The Bertz CT molecular complexity index is 229. The van der Waals surface area contributed by atoms with Crippen LogP contribution < -0.4 is 0 Å². The van der Waals surface area contributed by atoms with E-state index in [1.54, 1.807) is 0 Å². The molecular formula is C7H8N2O3. The maximum Gasteiger partial charge on any atom is 0.253 e. The number of rotatable bonds is 4. The van der Waals surface area contributed by atoms with Crippen molar-refractivity contribution in [2.75, 3.05) is 13.2 Å². The van der Waals surface area contributed by atoms with E-state index >= 15 is 0 Å². The third-order valence-corrected chi connectivity index (χ3v) is 1.40. The van der Waals surface area contributed by atoms with Gasteiger partial charge < -0.3 is 4.84 Å². The summed E-state index contributed by atoms with van der Waals surface area (Å²) in [7, 11) is 0. The van der Waals surface area contributed by atoms with E-state index in [2.05, 4.69) is 16.7 Å². The Morgan fingerprint density at radius 3 is 2.50 bits per heavy atom. The van der Waals surface area contributed by atoms with Crippen molar-refractivity contribution >= 4 is 18.5 Å². The molecule has 64 valence electrons. The number of amides is 2. The van der Waals surface area contributed by atoms with Crippen LogP contribution in [0.1, 0.15) is 0 Å². The van der Waals surface area contributed by atoms with Crippen LogP contribution in [0.25, 0.3) is 0 Å². The van der Waals surface area contributed by atoms with Crippen molar-refractivity contribution in [2.45, 2.75) is 0 Å². The molecule has 0 fully saturated rings. The van der Waals surface area contributed by atoms with Crippen LogP contribution in [-0.4, -0.2) is 36.6 Å². The molecule has 0 radical (unpaired) electrons. The first-order chi connectivity index (χ1) is 5.75. The third-order valence-electron chi connectivity index (χ3n) is 1.40. The van der Waals surface area contributed by atoms with Crippen LogP contribution in [0.15, 0.2) is 17.3 Å². The zero-order valence-electron chi connectivity index (χ0n) is 6.40. The van der Waals surface area contributed by atoms with Crippen molar-refractivity contribution in [2.24, 2.45) is 5.16 Å². The highest BCUT2D eigenvalue weighted by Gasteiger charge is 2.22. The van der Waals surface area contributed by atoms with Crippen molar-refractivity contribution in [1.82, 2.24) is 4.90 Å². The molecule has 0 saturated carbocycles. The second-order valence-corrected chi connectivity index (χ2v) is 2.12. The molecule has 1 rings (SSSR count). The summed E-state index contributed by atoms with van der Waals surface area (Å²) in [4.78, 5) is 27.4. The third kappa shape index (κ3) is 1.69. The van der Waals surface area contributed by atoms with Gasteiger partial charge in [0.15, 0.2) is 0 Å². The molecule has 5 nitrogen and oxygen atoms in total. The van der Waals surface area contributed by atoms with Crippen LogP contribution >= 0.6 is 0 Å². The standard InChI is InChI=1S/C7H8N2O3/c1-8-12-5-4-9-6(10)2-3-7(9)11/h2-3H,1,4-5H2. The fourth-order valence-corrected chi connectivity index (χ4v) is 0.848. The molecule has 5 heteroatoms. The molecule has 2 amide bonds. The molecule has 0 N–H and O–H groups in total. The van der Waals surface area contributed by atoms with E-state index in [0.29, 0.717) is 0 Å². The largest absolute Gasteiger partial charge is 0.394 e. The molecule has 0 bridgehead atoms. The zero-order chi connectivity index (χ0) is 8.97. The lowest BCUT2D eigenvalue weighted by atomic mass is 10.5. The zero-order valence-corrected chi connectivity index (χ0v) is 6.40. The number of hydrogen-bond donors (Lipinski definition) is 0. The van der Waals surface area contributed by atoms with Gasteiger partial charge in [-0.2, -0.15) is 0 Å². The monoisotopic (exact) mass is 168 g/mol. The number of imide groups is 1. The van der Waals surface area contributed by atoms with E-state index in [4.69, 9.17) is 0 Å². The molecule has 0 aromatic carbocycles. The van der Waals surface area contributed by atoms with Crippen molar-refractivity contribution in [3.05, 3.63) is 12.2 Å². The smallest absolute Gasteiger partial charge is 0.253 e. The molecule has 1 heterocycles. The SMILES string of the molecule is C=NOCCN1C(=O)C=CC1=O. The average Bonchev–Trinajstić information content (AvgIpc) is 2.35. The minimum absolute atomic E-state index is 0.183. The number of hydrogen-bond acceptors (Lipinski definition) is 4. The molecule has 0 atom stereocenters. The van der Waals surface area contributed by atoms with E-state index in [1.807, 2.05) is 0 Å². The summed E-state index contributed by atoms with van der Waals surface area (Å²) in [5.74, 6) is -0.625. The van der Waals surface area contributed by atoms with Gasteiger partial charge in [-0.05, 0) is 0 Å². The molecule has 12 heavy (non-hydrogen) atoms. The predicted octanol–water partition coefficient (Wildman–Crippen LogP) is -0.456. The van der Waals surface area contributed by atoms with Gasteiger partial charge in [-0.3, -0.25) is 14.5 Å². The Morgan fingerprint density at radius 2 is 2.00 bits per heavy atom. The maximum atomic E-state index is 10.9. The number of carbonyl (C=O) groups is 2. The highest BCUT2D eigenvalue weighted by Crippen LogP contribution is 2.02. The predicted molar refractivity (Wildman–Crippen MR) is 41.4 cm³/mol. The van der Waals surface area contributed by atoms with Crippen molar-refractivity contribution < 1.29 is 14.4 Å². The quantitative estimate of drug-likeness (QED) is 0.247. The molecule has 0 aromatic rings. The van der Waals surface area contributed by atoms with E-state index in [-0.39, 0.29) is 25.0 Å². The summed E-state index contributed by atoms with van der Waals surface area (Å²) < 4.78 is 0. The molecule has 0 aliphatic carbocycles. The number of carbonyl (C=O) groups excluding carboxylic acids is 2. The summed E-state index contributed by atoms with van der Waals surface area (Å²) in [6.07, 6.45) is 2.45. The minimum atomic E-state index is -0.312. The number of nitrogens with zero attached hydrogens (tertiary/aromatic N) is 2. The Balaban J connectivity index is 2.37. The van der Waals surface area contributed by atoms with E-state index in [9.17, 15) is 9.59 Å². The minimum Gasteiger partial charge on any atom is -0.394 e. The molecule has 1 aliphatic rings. The Labute approximate surface area is 69.3 Å². The Kier molecular flexibility index (Phi) is 2.57. The van der Waals surface area contributed by atoms with Gasteiger partial charge in [0.1, 0.15) is 6.61 Å². The lowest BCUT2D eigenvalue weighted by molar-refractivity contribution is -0.137. The van der Waals surface area contributed by atoms with Gasteiger partial charge >= 0.3 is 0 Å². The van der Waals surface area contributed by atoms with Crippen LogP contribution in [0, 0.1) is 0 Å². The van der Waals surface area contributed by atoms with Crippen LogP contribution in [0.5, 0.6) is 0 Å².